The fourth-order valence-corrected chi connectivity index (χ4v) is 2.25. The van der Waals surface area contributed by atoms with Crippen molar-refractivity contribution in [2.45, 2.75) is 38.7 Å². The number of hydrogen-bond acceptors (Lipinski definition) is 4. The predicted molar refractivity (Wildman–Crippen MR) is 70.4 cm³/mol. The van der Waals surface area contributed by atoms with Gasteiger partial charge in [0.2, 0.25) is 0 Å². The first-order valence-corrected chi connectivity index (χ1v) is 6.71. The molecule has 2 rings (SSSR count). The molecule has 1 N–H and O–H groups in total. The Bertz CT molecular complexity index is 613. The van der Waals surface area contributed by atoms with Crippen LogP contribution in [-0.2, 0) is 11.3 Å². The third-order valence-electron chi connectivity index (χ3n) is 3.19. The van der Waals surface area contributed by atoms with Gasteiger partial charge in [-0.15, -0.1) is 0 Å². The monoisotopic (exact) mass is 368 g/mol. The lowest BCUT2D eigenvalue weighted by molar-refractivity contribution is -0.302. The second-order valence-electron chi connectivity index (χ2n) is 4.66. The lowest BCUT2D eigenvalue weighted by atomic mass is 10.1. The van der Waals surface area contributed by atoms with E-state index in [0.29, 0.717) is 15.9 Å². The molecule has 1 amide bonds. The number of aromatic nitrogens is 2. The van der Waals surface area contributed by atoms with Gasteiger partial charge in [-0.3, -0.25) is 9.48 Å². The van der Waals surface area contributed by atoms with Gasteiger partial charge in [-0.1, -0.05) is 0 Å². The fourth-order valence-electron chi connectivity index (χ4n) is 1.96. The van der Waals surface area contributed by atoms with E-state index in [2.05, 4.69) is 26.1 Å². The molecule has 0 saturated carbocycles. The van der Waals surface area contributed by atoms with Gasteiger partial charge >= 0.3 is 6.18 Å². The molecule has 0 aliphatic carbocycles. The van der Waals surface area contributed by atoms with Crippen LogP contribution < -0.4 is 0 Å². The summed E-state index contributed by atoms with van der Waals surface area (Å²) in [5.74, 6) is -0.998. The Morgan fingerprint density at radius 3 is 2.62 bits per heavy atom. The summed E-state index contributed by atoms with van der Waals surface area (Å²) in [5.41, 5.74) is -2.09. The highest BCUT2D eigenvalue weighted by molar-refractivity contribution is 9.10. The molecule has 2 heterocycles. The number of amides is 1. The summed E-state index contributed by atoms with van der Waals surface area (Å²) in [6.45, 7) is 2.91. The molecule has 1 aromatic rings. The number of nitrogens with zero attached hydrogens (tertiary/aromatic N) is 4. The lowest BCUT2D eigenvalue weighted by Crippen LogP contribution is -2.57. The Labute approximate surface area is 126 Å². The van der Waals surface area contributed by atoms with Crippen LogP contribution in [0.5, 0.6) is 0 Å². The van der Waals surface area contributed by atoms with Crippen LogP contribution in [0.15, 0.2) is 9.57 Å². The molecule has 6 nitrogen and oxygen atoms in total. The lowest BCUT2D eigenvalue weighted by Gasteiger charge is -2.32. The third-order valence-corrected chi connectivity index (χ3v) is 4.34. The summed E-state index contributed by atoms with van der Waals surface area (Å²) >= 11 is 3.26. The van der Waals surface area contributed by atoms with Crippen molar-refractivity contribution >= 4 is 28.1 Å². The van der Waals surface area contributed by atoms with Gasteiger partial charge in [0.1, 0.15) is 6.54 Å². The van der Waals surface area contributed by atoms with Crippen LogP contribution in [0.4, 0.5) is 13.2 Å². The van der Waals surface area contributed by atoms with Crippen molar-refractivity contribution in [2.75, 3.05) is 0 Å². The predicted octanol–water partition coefficient (Wildman–Crippen LogP) is 1.73. The van der Waals surface area contributed by atoms with Gasteiger partial charge in [-0.25, -0.2) is 0 Å². The Morgan fingerprint density at radius 2 is 2.14 bits per heavy atom. The third kappa shape index (κ3) is 2.57. The number of alkyl halides is 3. The number of aryl methyl sites for hydroxylation is 1. The number of aliphatic hydroxyl groups is 1. The van der Waals surface area contributed by atoms with Gasteiger partial charge in [-0.05, 0) is 29.8 Å². The van der Waals surface area contributed by atoms with Crippen LogP contribution in [0, 0.1) is 13.8 Å². The van der Waals surface area contributed by atoms with Gasteiger partial charge in [0.15, 0.2) is 0 Å². The van der Waals surface area contributed by atoms with Crippen LogP contribution in [0.2, 0.25) is 0 Å². The molecule has 0 bridgehead atoms. The van der Waals surface area contributed by atoms with Crippen molar-refractivity contribution in [1.29, 1.82) is 0 Å². The van der Waals surface area contributed by atoms with Crippen LogP contribution in [0.3, 0.4) is 0 Å². The average molecular weight is 369 g/mol. The number of hydrazone groups is 1. The van der Waals surface area contributed by atoms with E-state index >= 15 is 0 Å². The molecular weight excluding hydrogens is 357 g/mol. The summed E-state index contributed by atoms with van der Waals surface area (Å²) in [4.78, 5) is 12.0. The molecule has 1 atom stereocenters. The Hall–Kier alpha value is -1.42. The quantitative estimate of drug-likeness (QED) is 0.863. The zero-order valence-electron chi connectivity index (χ0n) is 11.1. The van der Waals surface area contributed by atoms with Crippen LogP contribution >= 0.6 is 15.9 Å². The maximum Gasteiger partial charge on any atom is 0.438 e. The molecule has 1 aliphatic rings. The van der Waals surface area contributed by atoms with Crippen molar-refractivity contribution < 1.29 is 23.1 Å². The second-order valence-corrected chi connectivity index (χ2v) is 5.46. The minimum Gasteiger partial charge on any atom is -0.362 e. The van der Waals surface area contributed by atoms with E-state index < -0.39 is 30.8 Å². The molecule has 21 heavy (non-hydrogen) atoms. The van der Waals surface area contributed by atoms with Crippen molar-refractivity contribution in [3.8, 4) is 0 Å². The Morgan fingerprint density at radius 1 is 1.52 bits per heavy atom. The normalized spacial score (nSPS) is 22.1. The van der Waals surface area contributed by atoms with Crippen LogP contribution in [0.25, 0.3) is 0 Å². The minimum absolute atomic E-state index is 0.0668. The first-order valence-electron chi connectivity index (χ1n) is 5.92. The number of halogens is 4. The molecule has 1 aliphatic heterocycles. The molecule has 0 aromatic carbocycles. The van der Waals surface area contributed by atoms with E-state index in [1.807, 2.05) is 0 Å². The largest absolute Gasteiger partial charge is 0.438 e. The van der Waals surface area contributed by atoms with Gasteiger partial charge in [0, 0.05) is 12.6 Å². The topological polar surface area (TPSA) is 70.7 Å². The molecule has 0 radical (unpaired) electrons. The Balaban J connectivity index is 2.24. The van der Waals surface area contributed by atoms with Gasteiger partial charge in [0.25, 0.3) is 11.6 Å². The number of carbonyl (C=O) groups excluding carboxylic acids is 1. The maximum absolute atomic E-state index is 12.9. The van der Waals surface area contributed by atoms with Crippen molar-refractivity contribution in [3.05, 3.63) is 15.9 Å². The SMILES string of the molecule is Cc1nn(CC(=O)N2N=CC[C@@]2(O)C(F)(F)F)c(C)c1Br. The second kappa shape index (κ2) is 5.09. The van der Waals surface area contributed by atoms with E-state index in [1.54, 1.807) is 13.8 Å². The summed E-state index contributed by atoms with van der Waals surface area (Å²) in [6, 6.07) is 0. The van der Waals surface area contributed by atoms with Gasteiger partial charge in [0.05, 0.1) is 15.9 Å². The molecule has 0 saturated heterocycles. The highest BCUT2D eigenvalue weighted by atomic mass is 79.9. The first kappa shape index (κ1) is 16.0. The summed E-state index contributed by atoms with van der Waals surface area (Å²) in [7, 11) is 0. The molecule has 116 valence electrons. The van der Waals surface area contributed by atoms with E-state index in [0.717, 1.165) is 6.21 Å². The summed E-state index contributed by atoms with van der Waals surface area (Å²) in [6.07, 6.45) is -4.92. The van der Waals surface area contributed by atoms with Crippen molar-refractivity contribution in [2.24, 2.45) is 5.10 Å². The zero-order valence-corrected chi connectivity index (χ0v) is 12.7. The number of rotatable bonds is 2. The zero-order chi connectivity index (χ0) is 16.0. The standard InChI is InChI=1S/C11H12BrF3N4O2/c1-6-9(12)7(2)18(17-6)5-8(20)19-10(21,3-4-16-19)11(13,14)15/h4,21H,3,5H2,1-2H3/t10-/m1/s1. The molecule has 0 spiro atoms. The summed E-state index contributed by atoms with van der Waals surface area (Å²) in [5, 5.41) is 17.1. The van der Waals surface area contributed by atoms with Gasteiger partial charge < -0.3 is 5.11 Å². The van der Waals surface area contributed by atoms with E-state index in [9.17, 15) is 23.1 Å². The van der Waals surface area contributed by atoms with E-state index in [-0.39, 0.29) is 5.01 Å². The Kier molecular flexibility index (Phi) is 3.87. The smallest absolute Gasteiger partial charge is 0.362 e. The van der Waals surface area contributed by atoms with Crippen LogP contribution in [-0.4, -0.2) is 43.9 Å². The number of hydrogen-bond donors (Lipinski definition) is 1. The van der Waals surface area contributed by atoms with Crippen molar-refractivity contribution in [3.63, 3.8) is 0 Å². The molecule has 0 unspecified atom stereocenters. The number of carbonyl (C=O) groups is 1. The molecular formula is C11H12BrF3N4O2. The van der Waals surface area contributed by atoms with Crippen LogP contribution in [0.1, 0.15) is 17.8 Å². The van der Waals surface area contributed by atoms with E-state index in [4.69, 9.17) is 0 Å². The highest BCUT2D eigenvalue weighted by Gasteiger charge is 2.61. The minimum atomic E-state index is -4.99. The first-order chi connectivity index (χ1) is 9.58. The molecule has 1 aromatic heterocycles. The molecule has 0 fully saturated rings. The van der Waals surface area contributed by atoms with E-state index in [1.165, 1.54) is 4.68 Å². The van der Waals surface area contributed by atoms with Gasteiger partial charge in [-0.2, -0.15) is 28.4 Å². The summed E-state index contributed by atoms with van der Waals surface area (Å²) < 4.78 is 40.6. The average Bonchev–Trinajstić information content (AvgIpc) is 2.87. The molecule has 10 heteroatoms. The fraction of sp³-hybridized carbons (Fsp3) is 0.545. The maximum atomic E-state index is 12.9. The highest BCUT2D eigenvalue weighted by Crippen LogP contribution is 2.38. The van der Waals surface area contributed by atoms with Crippen molar-refractivity contribution in [1.82, 2.24) is 14.8 Å².